The highest BCUT2D eigenvalue weighted by molar-refractivity contribution is 5.75. The Hall–Kier alpha value is -0.570. The van der Waals surface area contributed by atoms with E-state index in [-0.39, 0.29) is 12.0 Å². The van der Waals surface area contributed by atoms with E-state index >= 15 is 0 Å². The topological polar surface area (TPSA) is 49.3 Å². The molecule has 0 heterocycles. The standard InChI is InChI=1S/C20H41NO2/c1-3-4-5-6-7-8-9-10-11-12-13-14-15-16-20(23)21-18-17-19(2)22/h19,22H,3-18H2,1-2H3,(H,21,23). The lowest BCUT2D eigenvalue weighted by Crippen LogP contribution is -2.26. The van der Waals surface area contributed by atoms with Crippen LogP contribution >= 0.6 is 0 Å². The number of carbonyl (C=O) groups is 1. The summed E-state index contributed by atoms with van der Waals surface area (Å²) in [4.78, 5) is 11.5. The monoisotopic (exact) mass is 327 g/mol. The molecule has 0 rings (SSSR count). The van der Waals surface area contributed by atoms with E-state index in [1.54, 1.807) is 6.92 Å². The van der Waals surface area contributed by atoms with Crippen LogP contribution in [0.2, 0.25) is 0 Å². The molecule has 138 valence electrons. The largest absolute Gasteiger partial charge is 0.393 e. The van der Waals surface area contributed by atoms with Crippen molar-refractivity contribution in [1.29, 1.82) is 0 Å². The maximum Gasteiger partial charge on any atom is 0.219 e. The molecule has 0 saturated carbocycles. The maximum atomic E-state index is 11.5. The van der Waals surface area contributed by atoms with Gasteiger partial charge in [-0.2, -0.15) is 0 Å². The molecule has 0 spiro atoms. The number of hydrogen-bond donors (Lipinski definition) is 2. The molecule has 1 atom stereocenters. The van der Waals surface area contributed by atoms with Gasteiger partial charge in [0.2, 0.25) is 5.91 Å². The minimum absolute atomic E-state index is 0.133. The average Bonchev–Trinajstić information content (AvgIpc) is 2.51. The minimum atomic E-state index is -0.327. The number of carbonyl (C=O) groups excluding carboxylic acids is 1. The first-order valence-electron chi connectivity index (χ1n) is 10.1. The van der Waals surface area contributed by atoms with E-state index in [4.69, 9.17) is 5.11 Å². The first-order valence-corrected chi connectivity index (χ1v) is 10.1. The van der Waals surface area contributed by atoms with Gasteiger partial charge in [0.25, 0.3) is 0 Å². The lowest BCUT2D eigenvalue weighted by Gasteiger charge is -2.06. The van der Waals surface area contributed by atoms with Crippen molar-refractivity contribution in [2.75, 3.05) is 6.54 Å². The normalized spacial score (nSPS) is 12.3. The molecule has 0 bridgehead atoms. The van der Waals surface area contributed by atoms with Crippen LogP contribution in [0.4, 0.5) is 0 Å². The Morgan fingerprint density at radius 1 is 0.826 bits per heavy atom. The predicted molar refractivity (Wildman–Crippen MR) is 99.6 cm³/mol. The van der Waals surface area contributed by atoms with Crippen LogP contribution in [0.15, 0.2) is 0 Å². The zero-order chi connectivity index (χ0) is 17.2. The highest BCUT2D eigenvalue weighted by Gasteiger charge is 2.02. The minimum Gasteiger partial charge on any atom is -0.393 e. The van der Waals surface area contributed by atoms with Crippen molar-refractivity contribution >= 4 is 5.91 Å². The smallest absolute Gasteiger partial charge is 0.219 e. The van der Waals surface area contributed by atoms with Crippen molar-refractivity contribution in [1.82, 2.24) is 5.32 Å². The van der Waals surface area contributed by atoms with E-state index < -0.39 is 0 Å². The second-order valence-corrected chi connectivity index (χ2v) is 6.98. The predicted octanol–water partition coefficient (Wildman–Crippen LogP) is 5.35. The van der Waals surface area contributed by atoms with Crippen LogP contribution in [-0.2, 0) is 4.79 Å². The van der Waals surface area contributed by atoms with Gasteiger partial charge in [-0.1, -0.05) is 84.0 Å². The summed E-state index contributed by atoms with van der Waals surface area (Å²) in [6, 6.07) is 0. The Bertz CT molecular complexity index is 254. The van der Waals surface area contributed by atoms with Gasteiger partial charge >= 0.3 is 0 Å². The summed E-state index contributed by atoms with van der Waals surface area (Å²) < 4.78 is 0. The third-order valence-electron chi connectivity index (χ3n) is 4.39. The lowest BCUT2D eigenvalue weighted by molar-refractivity contribution is -0.121. The fourth-order valence-corrected chi connectivity index (χ4v) is 2.81. The number of aliphatic hydroxyl groups excluding tert-OH is 1. The summed E-state index contributed by atoms with van der Waals surface area (Å²) in [7, 11) is 0. The van der Waals surface area contributed by atoms with Crippen LogP contribution < -0.4 is 5.32 Å². The van der Waals surface area contributed by atoms with Crippen molar-refractivity contribution in [2.24, 2.45) is 0 Å². The third-order valence-corrected chi connectivity index (χ3v) is 4.39. The van der Waals surface area contributed by atoms with Gasteiger partial charge in [-0.15, -0.1) is 0 Å². The Kier molecular flexibility index (Phi) is 17.3. The van der Waals surface area contributed by atoms with Crippen LogP contribution in [0.5, 0.6) is 0 Å². The molecular weight excluding hydrogens is 286 g/mol. The molecule has 23 heavy (non-hydrogen) atoms. The summed E-state index contributed by atoms with van der Waals surface area (Å²) in [6.45, 7) is 4.61. The summed E-state index contributed by atoms with van der Waals surface area (Å²) in [5, 5.41) is 12.0. The van der Waals surface area contributed by atoms with E-state index in [1.165, 1.54) is 77.0 Å². The van der Waals surface area contributed by atoms with Crippen molar-refractivity contribution in [3.05, 3.63) is 0 Å². The van der Waals surface area contributed by atoms with Crippen LogP contribution in [-0.4, -0.2) is 23.7 Å². The van der Waals surface area contributed by atoms with Crippen molar-refractivity contribution in [2.45, 2.75) is 116 Å². The summed E-state index contributed by atoms with van der Waals surface area (Å²) in [5.74, 6) is 0.133. The van der Waals surface area contributed by atoms with Crippen LogP contribution in [0.25, 0.3) is 0 Å². The highest BCUT2D eigenvalue weighted by Crippen LogP contribution is 2.12. The third kappa shape index (κ3) is 19.4. The zero-order valence-corrected chi connectivity index (χ0v) is 15.7. The second kappa shape index (κ2) is 17.8. The molecule has 0 aliphatic heterocycles. The zero-order valence-electron chi connectivity index (χ0n) is 15.7. The van der Waals surface area contributed by atoms with Gasteiger partial charge in [0.15, 0.2) is 0 Å². The van der Waals surface area contributed by atoms with Gasteiger partial charge in [-0.05, 0) is 19.8 Å². The van der Waals surface area contributed by atoms with Gasteiger partial charge < -0.3 is 10.4 Å². The van der Waals surface area contributed by atoms with Gasteiger partial charge in [0.05, 0.1) is 6.10 Å². The van der Waals surface area contributed by atoms with E-state index in [2.05, 4.69) is 12.2 Å². The summed E-state index contributed by atoms with van der Waals surface area (Å²) in [5.41, 5.74) is 0. The highest BCUT2D eigenvalue weighted by atomic mass is 16.3. The molecule has 0 aromatic heterocycles. The number of amides is 1. The molecule has 0 radical (unpaired) electrons. The van der Waals surface area contributed by atoms with Crippen LogP contribution in [0.1, 0.15) is 110 Å². The van der Waals surface area contributed by atoms with E-state index in [0.717, 1.165) is 6.42 Å². The Morgan fingerprint density at radius 3 is 1.70 bits per heavy atom. The molecule has 1 amide bonds. The number of hydrogen-bond acceptors (Lipinski definition) is 2. The molecule has 0 aromatic carbocycles. The molecule has 0 fully saturated rings. The fourth-order valence-electron chi connectivity index (χ4n) is 2.81. The fraction of sp³-hybridized carbons (Fsp3) is 0.950. The van der Waals surface area contributed by atoms with Gasteiger partial charge in [0, 0.05) is 13.0 Å². The molecular formula is C20H41NO2. The Labute approximate surface area is 144 Å². The molecule has 2 N–H and O–H groups in total. The lowest BCUT2D eigenvalue weighted by atomic mass is 10.0. The second-order valence-electron chi connectivity index (χ2n) is 6.98. The van der Waals surface area contributed by atoms with E-state index in [0.29, 0.717) is 19.4 Å². The average molecular weight is 328 g/mol. The van der Waals surface area contributed by atoms with Crippen LogP contribution in [0.3, 0.4) is 0 Å². The van der Waals surface area contributed by atoms with Crippen molar-refractivity contribution in [3.63, 3.8) is 0 Å². The SMILES string of the molecule is CCCCCCCCCCCCCCCC(=O)NCCC(C)O. The van der Waals surface area contributed by atoms with Gasteiger partial charge in [-0.3, -0.25) is 4.79 Å². The first kappa shape index (κ1) is 22.4. The summed E-state index contributed by atoms with van der Waals surface area (Å²) in [6.07, 6.45) is 18.3. The first-order chi connectivity index (χ1) is 11.2. The number of rotatable bonds is 17. The van der Waals surface area contributed by atoms with Gasteiger partial charge in [0.1, 0.15) is 0 Å². The summed E-state index contributed by atoms with van der Waals surface area (Å²) >= 11 is 0. The Balaban J connectivity index is 3.11. The van der Waals surface area contributed by atoms with Gasteiger partial charge in [-0.25, -0.2) is 0 Å². The Morgan fingerprint density at radius 2 is 1.26 bits per heavy atom. The quantitative estimate of drug-likeness (QED) is 0.354. The molecule has 0 aromatic rings. The number of nitrogens with one attached hydrogen (secondary N) is 1. The van der Waals surface area contributed by atoms with E-state index in [1.807, 2.05) is 0 Å². The molecule has 1 unspecified atom stereocenters. The molecule has 0 aliphatic carbocycles. The van der Waals surface area contributed by atoms with Crippen molar-refractivity contribution in [3.8, 4) is 0 Å². The molecule has 0 aliphatic rings. The molecule has 0 saturated heterocycles. The number of aliphatic hydroxyl groups is 1. The molecule has 3 heteroatoms. The van der Waals surface area contributed by atoms with Crippen molar-refractivity contribution < 1.29 is 9.90 Å². The van der Waals surface area contributed by atoms with Crippen LogP contribution in [0, 0.1) is 0 Å². The van der Waals surface area contributed by atoms with E-state index in [9.17, 15) is 4.79 Å². The maximum absolute atomic E-state index is 11.5. The molecule has 3 nitrogen and oxygen atoms in total. The number of unbranched alkanes of at least 4 members (excludes halogenated alkanes) is 12.